The highest BCUT2D eigenvalue weighted by Crippen LogP contribution is 2.23. The molecule has 2 atom stereocenters. The van der Waals surface area contributed by atoms with Gasteiger partial charge >= 0.3 is 12.1 Å². The van der Waals surface area contributed by atoms with Crippen molar-refractivity contribution in [1.82, 2.24) is 4.90 Å². The Hall–Kier alpha value is -2.08. The minimum absolute atomic E-state index is 0.251. The van der Waals surface area contributed by atoms with E-state index in [4.69, 9.17) is 15.2 Å². The number of hydrogen-bond acceptors (Lipinski definition) is 5. The lowest BCUT2D eigenvalue weighted by Crippen LogP contribution is -2.48. The molecule has 0 bridgehead atoms. The van der Waals surface area contributed by atoms with Gasteiger partial charge in [-0.15, -0.1) is 0 Å². The summed E-state index contributed by atoms with van der Waals surface area (Å²) in [6.07, 6.45) is 0.746. The summed E-state index contributed by atoms with van der Waals surface area (Å²) in [5.41, 5.74) is 6.53. The number of amides is 1. The Morgan fingerprint density at radius 3 is 2.56 bits per heavy atom. The van der Waals surface area contributed by atoms with Crippen LogP contribution in [-0.4, -0.2) is 35.3 Å². The van der Waals surface area contributed by atoms with Gasteiger partial charge in [-0.3, -0.25) is 9.69 Å². The summed E-state index contributed by atoms with van der Waals surface area (Å²) in [5, 5.41) is 0. The van der Waals surface area contributed by atoms with E-state index >= 15 is 0 Å². The highest BCUT2D eigenvalue weighted by molar-refractivity contribution is 5.73. The summed E-state index contributed by atoms with van der Waals surface area (Å²) in [5.74, 6) is -0.559. The summed E-state index contributed by atoms with van der Waals surface area (Å²) in [4.78, 5) is 26.1. The van der Waals surface area contributed by atoms with Crippen LogP contribution in [-0.2, 0) is 20.9 Å². The van der Waals surface area contributed by atoms with Gasteiger partial charge in [0.2, 0.25) is 0 Å². The summed E-state index contributed by atoms with van der Waals surface area (Å²) in [6.45, 7) is 6.19. The average molecular weight is 348 g/mol. The number of benzene rings is 1. The van der Waals surface area contributed by atoms with E-state index in [1.165, 1.54) is 4.90 Å². The third-order valence-electron chi connectivity index (χ3n) is 4.06. The molecule has 0 unspecified atom stereocenters. The van der Waals surface area contributed by atoms with Gasteiger partial charge in [0.1, 0.15) is 12.2 Å². The SMILES string of the molecule is CC(C)(C)OC(=O)N1CCC[C@H](C(=O)OCc2ccccc2)C[C@@H]1N. The first kappa shape index (κ1) is 19.2. The van der Waals surface area contributed by atoms with E-state index in [0.717, 1.165) is 5.56 Å². The molecule has 0 saturated carbocycles. The van der Waals surface area contributed by atoms with Crippen LogP contribution in [0, 0.1) is 5.92 Å². The summed E-state index contributed by atoms with van der Waals surface area (Å²) >= 11 is 0. The van der Waals surface area contributed by atoms with E-state index < -0.39 is 17.9 Å². The van der Waals surface area contributed by atoms with Crippen molar-refractivity contribution in [1.29, 1.82) is 0 Å². The van der Waals surface area contributed by atoms with E-state index in [0.29, 0.717) is 25.8 Å². The smallest absolute Gasteiger partial charge is 0.411 e. The van der Waals surface area contributed by atoms with Crippen LogP contribution in [0.15, 0.2) is 30.3 Å². The molecule has 25 heavy (non-hydrogen) atoms. The van der Waals surface area contributed by atoms with Crippen molar-refractivity contribution < 1.29 is 19.1 Å². The van der Waals surface area contributed by atoms with Gasteiger partial charge in [-0.05, 0) is 45.6 Å². The number of nitrogens with two attached hydrogens (primary N) is 1. The summed E-state index contributed by atoms with van der Waals surface area (Å²) in [7, 11) is 0. The molecule has 138 valence electrons. The third-order valence-corrected chi connectivity index (χ3v) is 4.06. The number of ether oxygens (including phenoxy) is 2. The number of hydrogen-bond donors (Lipinski definition) is 1. The van der Waals surface area contributed by atoms with Crippen molar-refractivity contribution in [2.75, 3.05) is 6.54 Å². The highest BCUT2D eigenvalue weighted by atomic mass is 16.6. The topological polar surface area (TPSA) is 81.9 Å². The molecule has 1 aromatic carbocycles. The Morgan fingerprint density at radius 2 is 1.92 bits per heavy atom. The van der Waals surface area contributed by atoms with Gasteiger partial charge in [-0.25, -0.2) is 4.79 Å². The molecule has 2 N–H and O–H groups in total. The van der Waals surface area contributed by atoms with Crippen LogP contribution in [0.3, 0.4) is 0 Å². The molecular formula is C19H28N2O4. The van der Waals surface area contributed by atoms with E-state index in [1.54, 1.807) is 0 Å². The normalized spacial score (nSPS) is 21.4. The highest BCUT2D eigenvalue weighted by Gasteiger charge is 2.33. The molecule has 2 rings (SSSR count). The van der Waals surface area contributed by atoms with Crippen molar-refractivity contribution in [2.24, 2.45) is 11.7 Å². The maximum absolute atomic E-state index is 12.4. The van der Waals surface area contributed by atoms with Crippen LogP contribution in [0.5, 0.6) is 0 Å². The number of likely N-dealkylation sites (tertiary alicyclic amines) is 1. The molecular weight excluding hydrogens is 320 g/mol. The van der Waals surface area contributed by atoms with E-state index in [-0.39, 0.29) is 18.5 Å². The van der Waals surface area contributed by atoms with Crippen molar-refractivity contribution in [3.05, 3.63) is 35.9 Å². The molecule has 1 heterocycles. The fraction of sp³-hybridized carbons (Fsp3) is 0.579. The van der Waals surface area contributed by atoms with Crippen LogP contribution < -0.4 is 5.73 Å². The first-order valence-electron chi connectivity index (χ1n) is 8.72. The van der Waals surface area contributed by atoms with E-state index in [2.05, 4.69) is 0 Å². The maximum atomic E-state index is 12.4. The third kappa shape index (κ3) is 6.05. The lowest BCUT2D eigenvalue weighted by Gasteiger charge is -2.30. The quantitative estimate of drug-likeness (QED) is 0.849. The Bertz CT molecular complexity index is 583. The predicted molar refractivity (Wildman–Crippen MR) is 94.5 cm³/mol. The van der Waals surface area contributed by atoms with Crippen molar-refractivity contribution >= 4 is 12.1 Å². The van der Waals surface area contributed by atoms with Gasteiger partial charge in [-0.2, -0.15) is 0 Å². The molecule has 6 heteroatoms. The molecule has 1 amide bonds. The van der Waals surface area contributed by atoms with E-state index in [9.17, 15) is 9.59 Å². The largest absolute Gasteiger partial charge is 0.461 e. The molecule has 1 aliphatic heterocycles. The fourth-order valence-electron chi connectivity index (χ4n) is 2.82. The fourth-order valence-corrected chi connectivity index (χ4v) is 2.82. The number of rotatable bonds is 3. The van der Waals surface area contributed by atoms with Crippen LogP contribution in [0.4, 0.5) is 4.79 Å². The lowest BCUT2D eigenvalue weighted by atomic mass is 10.00. The zero-order valence-electron chi connectivity index (χ0n) is 15.2. The summed E-state index contributed by atoms with van der Waals surface area (Å²) in [6, 6.07) is 9.56. The Labute approximate surface area is 149 Å². The predicted octanol–water partition coefficient (Wildman–Crippen LogP) is 3.05. The number of esters is 1. The lowest BCUT2D eigenvalue weighted by molar-refractivity contribution is -0.150. The first-order valence-corrected chi connectivity index (χ1v) is 8.72. The second-order valence-electron chi connectivity index (χ2n) is 7.41. The number of carbonyl (C=O) groups is 2. The molecule has 0 spiro atoms. The molecule has 1 fully saturated rings. The van der Waals surface area contributed by atoms with Crippen LogP contribution in [0.1, 0.15) is 45.6 Å². The minimum Gasteiger partial charge on any atom is -0.461 e. The summed E-state index contributed by atoms with van der Waals surface area (Å²) < 4.78 is 10.8. The molecule has 1 aromatic rings. The molecule has 0 aliphatic carbocycles. The monoisotopic (exact) mass is 348 g/mol. The maximum Gasteiger partial charge on any atom is 0.411 e. The average Bonchev–Trinajstić information content (AvgIpc) is 2.73. The number of carbonyl (C=O) groups excluding carboxylic acids is 2. The molecule has 1 saturated heterocycles. The van der Waals surface area contributed by atoms with Crippen molar-refractivity contribution in [3.63, 3.8) is 0 Å². The Morgan fingerprint density at radius 1 is 1.24 bits per heavy atom. The molecule has 1 aliphatic rings. The van der Waals surface area contributed by atoms with Gasteiger partial charge in [0.15, 0.2) is 0 Å². The molecule has 0 aromatic heterocycles. The zero-order chi connectivity index (χ0) is 18.4. The van der Waals surface area contributed by atoms with Crippen LogP contribution >= 0.6 is 0 Å². The number of nitrogens with zero attached hydrogens (tertiary/aromatic N) is 1. The second kappa shape index (κ2) is 8.34. The van der Waals surface area contributed by atoms with Crippen molar-refractivity contribution in [2.45, 2.75) is 58.4 Å². The van der Waals surface area contributed by atoms with E-state index in [1.807, 2.05) is 51.1 Å². The molecule has 6 nitrogen and oxygen atoms in total. The second-order valence-corrected chi connectivity index (χ2v) is 7.41. The zero-order valence-corrected chi connectivity index (χ0v) is 15.2. The van der Waals surface area contributed by atoms with Gasteiger partial charge < -0.3 is 15.2 Å². The Balaban J connectivity index is 1.90. The van der Waals surface area contributed by atoms with Gasteiger partial charge in [0.25, 0.3) is 0 Å². The van der Waals surface area contributed by atoms with Crippen LogP contribution in [0.2, 0.25) is 0 Å². The molecule has 0 radical (unpaired) electrons. The minimum atomic E-state index is -0.572. The standard InChI is InChI=1S/C19H28N2O4/c1-19(2,3)25-18(23)21-11-7-10-15(12-16(21)20)17(22)24-13-14-8-5-4-6-9-14/h4-6,8-9,15-16H,7,10-13,20H2,1-3H3/t15-,16+/m0/s1. The van der Waals surface area contributed by atoms with Gasteiger partial charge in [0.05, 0.1) is 12.1 Å². The first-order chi connectivity index (χ1) is 11.8. The van der Waals surface area contributed by atoms with Crippen LogP contribution in [0.25, 0.3) is 0 Å². The Kier molecular flexibility index (Phi) is 6.42. The van der Waals surface area contributed by atoms with Gasteiger partial charge in [-0.1, -0.05) is 30.3 Å². The van der Waals surface area contributed by atoms with Crippen molar-refractivity contribution in [3.8, 4) is 0 Å². The van der Waals surface area contributed by atoms with Gasteiger partial charge in [0, 0.05) is 6.54 Å².